The van der Waals surface area contributed by atoms with Crippen LogP contribution < -0.4 is 10.1 Å². The predicted molar refractivity (Wildman–Crippen MR) is 87.7 cm³/mol. The van der Waals surface area contributed by atoms with Crippen molar-refractivity contribution in [3.8, 4) is 5.75 Å². The number of nitrogens with one attached hydrogen (secondary N) is 1. The summed E-state index contributed by atoms with van der Waals surface area (Å²) in [5.74, 6) is 0.0521. The zero-order chi connectivity index (χ0) is 16.2. The molecule has 3 rings (SSSR count). The van der Waals surface area contributed by atoms with E-state index in [0.29, 0.717) is 5.13 Å². The summed E-state index contributed by atoms with van der Waals surface area (Å²) in [6, 6.07) is 5.51. The quantitative estimate of drug-likeness (QED) is 0.851. The third-order valence-electron chi connectivity index (χ3n) is 3.88. The van der Waals surface area contributed by atoms with Crippen LogP contribution in [0, 0.1) is 5.92 Å². The third kappa shape index (κ3) is 3.79. The molecule has 1 amide bonds. The lowest BCUT2D eigenvalue weighted by molar-refractivity contribution is -0.151. The van der Waals surface area contributed by atoms with Gasteiger partial charge in [0.25, 0.3) is 5.91 Å². The third-order valence-corrected chi connectivity index (χ3v) is 4.81. The minimum atomic E-state index is -0.373. The van der Waals surface area contributed by atoms with Crippen molar-refractivity contribution in [1.82, 2.24) is 4.98 Å². The molecule has 0 atom stereocenters. The molecule has 1 aliphatic carbocycles. The van der Waals surface area contributed by atoms with E-state index < -0.39 is 0 Å². The van der Waals surface area contributed by atoms with E-state index in [1.54, 1.807) is 7.11 Å². The minimum Gasteiger partial charge on any atom is -0.497 e. The van der Waals surface area contributed by atoms with Crippen molar-refractivity contribution in [1.29, 1.82) is 0 Å². The first-order valence-corrected chi connectivity index (χ1v) is 8.38. The second-order valence-corrected chi connectivity index (χ2v) is 6.52. The average Bonchev–Trinajstić information content (AvgIpc) is 3.20. The fourth-order valence-corrected chi connectivity index (χ4v) is 3.57. The lowest BCUT2D eigenvalue weighted by Crippen LogP contribution is -2.23. The molecular weight excluding hydrogens is 316 g/mol. The van der Waals surface area contributed by atoms with Gasteiger partial charge in [-0.2, -0.15) is 0 Å². The summed E-state index contributed by atoms with van der Waals surface area (Å²) < 4.78 is 11.2. The molecule has 1 aromatic carbocycles. The molecule has 1 N–H and O–H groups in total. The molecule has 0 bridgehead atoms. The van der Waals surface area contributed by atoms with E-state index in [2.05, 4.69) is 10.3 Å². The van der Waals surface area contributed by atoms with E-state index in [1.807, 2.05) is 18.2 Å². The van der Waals surface area contributed by atoms with Crippen molar-refractivity contribution < 1.29 is 19.1 Å². The number of carbonyl (C=O) groups is 2. The summed E-state index contributed by atoms with van der Waals surface area (Å²) in [6.07, 6.45) is 3.84. The van der Waals surface area contributed by atoms with Gasteiger partial charge in [-0.05, 0) is 31.0 Å². The molecule has 0 spiro atoms. The predicted octanol–water partition coefficient (Wildman–Crippen LogP) is 2.98. The van der Waals surface area contributed by atoms with Crippen LogP contribution >= 0.6 is 11.3 Å². The zero-order valence-electron chi connectivity index (χ0n) is 12.8. The first kappa shape index (κ1) is 15.7. The maximum absolute atomic E-state index is 11.9. The smallest absolute Gasteiger partial charge is 0.309 e. The number of rotatable bonds is 5. The van der Waals surface area contributed by atoms with E-state index in [4.69, 9.17) is 9.47 Å². The molecule has 6 nitrogen and oxygen atoms in total. The number of nitrogens with zero attached hydrogens (tertiary/aromatic N) is 1. The maximum atomic E-state index is 11.9. The fourth-order valence-electron chi connectivity index (χ4n) is 2.66. The molecule has 7 heteroatoms. The van der Waals surface area contributed by atoms with Gasteiger partial charge in [0.15, 0.2) is 11.7 Å². The minimum absolute atomic E-state index is 0.0438. The van der Waals surface area contributed by atoms with E-state index >= 15 is 0 Å². The van der Waals surface area contributed by atoms with Crippen LogP contribution in [0.5, 0.6) is 5.75 Å². The number of ether oxygens (including phenoxy) is 2. The zero-order valence-corrected chi connectivity index (χ0v) is 13.6. The second-order valence-electron chi connectivity index (χ2n) is 5.49. The number of thiazole rings is 1. The number of fused-ring (bicyclic) bond motifs is 1. The van der Waals surface area contributed by atoms with Crippen molar-refractivity contribution in [3.63, 3.8) is 0 Å². The molecular formula is C16H18N2O4S. The summed E-state index contributed by atoms with van der Waals surface area (Å²) >= 11 is 1.35. The van der Waals surface area contributed by atoms with Crippen LogP contribution in [0.25, 0.3) is 10.2 Å². The highest BCUT2D eigenvalue weighted by Crippen LogP contribution is 2.29. The van der Waals surface area contributed by atoms with Gasteiger partial charge in [-0.25, -0.2) is 4.98 Å². The molecule has 23 heavy (non-hydrogen) atoms. The van der Waals surface area contributed by atoms with Crippen molar-refractivity contribution in [2.75, 3.05) is 19.0 Å². The number of carbonyl (C=O) groups excluding carboxylic acids is 2. The van der Waals surface area contributed by atoms with Crippen LogP contribution in [0.4, 0.5) is 5.13 Å². The Bertz CT molecular complexity index is 722. The molecule has 0 radical (unpaired) electrons. The number of esters is 1. The number of hydrogen-bond donors (Lipinski definition) is 1. The SMILES string of the molecule is COc1ccc2nc(NC(=O)COC(=O)C3CCCC3)sc2c1. The van der Waals surface area contributed by atoms with Crippen molar-refractivity contribution >= 4 is 38.6 Å². The fraction of sp³-hybridized carbons (Fsp3) is 0.438. The van der Waals surface area contributed by atoms with Gasteiger partial charge < -0.3 is 9.47 Å². The highest BCUT2D eigenvalue weighted by molar-refractivity contribution is 7.22. The van der Waals surface area contributed by atoms with Gasteiger partial charge in [-0.1, -0.05) is 24.2 Å². The standard InChI is InChI=1S/C16H18N2O4S/c1-21-11-6-7-12-13(8-11)23-16(17-12)18-14(19)9-22-15(20)10-4-2-3-5-10/h6-8,10H,2-5,9H2,1H3,(H,17,18,19). The summed E-state index contributed by atoms with van der Waals surface area (Å²) in [6.45, 7) is -0.269. The summed E-state index contributed by atoms with van der Waals surface area (Å²) in [5, 5.41) is 3.15. The molecule has 0 unspecified atom stereocenters. The molecule has 1 aliphatic rings. The van der Waals surface area contributed by atoms with Gasteiger partial charge >= 0.3 is 5.97 Å². The van der Waals surface area contributed by atoms with Gasteiger partial charge in [0.2, 0.25) is 0 Å². The largest absolute Gasteiger partial charge is 0.497 e. The molecule has 0 aliphatic heterocycles. The van der Waals surface area contributed by atoms with Crippen molar-refractivity contribution in [3.05, 3.63) is 18.2 Å². The van der Waals surface area contributed by atoms with Gasteiger partial charge in [-0.15, -0.1) is 0 Å². The highest BCUT2D eigenvalue weighted by atomic mass is 32.1. The van der Waals surface area contributed by atoms with E-state index in [0.717, 1.165) is 41.6 Å². The van der Waals surface area contributed by atoms with Gasteiger partial charge in [0, 0.05) is 0 Å². The highest BCUT2D eigenvalue weighted by Gasteiger charge is 2.24. The average molecular weight is 334 g/mol. The lowest BCUT2D eigenvalue weighted by atomic mass is 10.1. The number of benzene rings is 1. The Morgan fingerprint density at radius 3 is 2.87 bits per heavy atom. The van der Waals surface area contributed by atoms with Crippen LogP contribution in [0.2, 0.25) is 0 Å². The Morgan fingerprint density at radius 2 is 2.13 bits per heavy atom. The Hall–Kier alpha value is -2.15. The molecule has 122 valence electrons. The number of anilines is 1. The van der Waals surface area contributed by atoms with Crippen molar-refractivity contribution in [2.24, 2.45) is 5.92 Å². The number of amides is 1. The normalized spacial score (nSPS) is 14.8. The van der Waals surface area contributed by atoms with E-state index in [-0.39, 0.29) is 24.4 Å². The van der Waals surface area contributed by atoms with Gasteiger partial charge in [0.05, 0.1) is 23.2 Å². The van der Waals surface area contributed by atoms with E-state index in [9.17, 15) is 9.59 Å². The van der Waals surface area contributed by atoms with Crippen LogP contribution in [-0.4, -0.2) is 30.6 Å². The van der Waals surface area contributed by atoms with E-state index in [1.165, 1.54) is 11.3 Å². The van der Waals surface area contributed by atoms with Crippen molar-refractivity contribution in [2.45, 2.75) is 25.7 Å². The second kappa shape index (κ2) is 6.95. The van der Waals surface area contributed by atoms with Crippen LogP contribution in [0.3, 0.4) is 0 Å². The Balaban J connectivity index is 1.56. The Morgan fingerprint density at radius 1 is 1.35 bits per heavy atom. The van der Waals surface area contributed by atoms with Crippen LogP contribution in [0.1, 0.15) is 25.7 Å². The summed E-state index contributed by atoms with van der Waals surface area (Å²) in [4.78, 5) is 28.0. The van der Waals surface area contributed by atoms with Gasteiger partial charge in [-0.3, -0.25) is 14.9 Å². The van der Waals surface area contributed by atoms with Gasteiger partial charge in [0.1, 0.15) is 5.75 Å². The molecule has 2 aromatic rings. The number of hydrogen-bond acceptors (Lipinski definition) is 6. The molecule has 1 heterocycles. The number of methoxy groups -OCH3 is 1. The molecule has 0 saturated heterocycles. The maximum Gasteiger partial charge on any atom is 0.309 e. The van der Waals surface area contributed by atoms with Crippen LogP contribution in [0.15, 0.2) is 18.2 Å². The lowest BCUT2D eigenvalue weighted by Gasteiger charge is -2.08. The number of aromatic nitrogens is 1. The molecule has 1 fully saturated rings. The summed E-state index contributed by atoms with van der Waals surface area (Å²) in [5.41, 5.74) is 0.786. The van der Waals surface area contributed by atoms with Crippen LogP contribution in [-0.2, 0) is 14.3 Å². The first-order chi connectivity index (χ1) is 11.2. The molecule has 1 aromatic heterocycles. The topological polar surface area (TPSA) is 77.5 Å². The molecule has 1 saturated carbocycles. The Labute approximate surface area is 137 Å². The Kier molecular flexibility index (Phi) is 4.76. The first-order valence-electron chi connectivity index (χ1n) is 7.57. The monoisotopic (exact) mass is 334 g/mol. The summed E-state index contributed by atoms with van der Waals surface area (Å²) in [7, 11) is 1.60.